The van der Waals surface area contributed by atoms with Crippen LogP contribution in [0.3, 0.4) is 0 Å². The van der Waals surface area contributed by atoms with Gasteiger partial charge in [0.1, 0.15) is 11.6 Å². The Morgan fingerprint density at radius 1 is 1.03 bits per heavy atom. The number of nitrogens with zero attached hydrogens (tertiary/aromatic N) is 1. The fraction of sp³-hybridized carbons (Fsp3) is 0.350. The molecule has 0 aliphatic heterocycles. The number of rotatable bonds is 3. The van der Waals surface area contributed by atoms with Crippen molar-refractivity contribution in [1.82, 2.24) is 9.97 Å². The summed E-state index contributed by atoms with van der Waals surface area (Å²) in [7, 11) is -9.27. The number of halogens is 3. The zero-order chi connectivity index (χ0) is 24.4. The van der Waals surface area contributed by atoms with Crippen molar-refractivity contribution in [1.29, 1.82) is 0 Å². The van der Waals surface area contributed by atoms with Gasteiger partial charge in [0.25, 0.3) is 9.84 Å². The normalized spacial score (nSPS) is 13.6. The van der Waals surface area contributed by atoms with Gasteiger partial charge in [-0.3, -0.25) is 0 Å². The monoisotopic (exact) mass is 490 g/mol. The first-order chi connectivity index (χ1) is 14.4. The molecule has 0 amide bonds. The molecular weight excluding hydrogens is 469 g/mol. The van der Waals surface area contributed by atoms with Crippen molar-refractivity contribution in [3.8, 4) is 17.1 Å². The number of benzene rings is 2. The number of nitrogens with one attached hydrogen (secondary N) is 1. The minimum atomic E-state index is -5.57. The number of hydrogen-bond donors (Lipinski definition) is 2. The van der Waals surface area contributed by atoms with Crippen molar-refractivity contribution in [3.63, 3.8) is 0 Å². The highest BCUT2D eigenvalue weighted by Gasteiger charge is 2.47. The Balaban J connectivity index is 2.34. The number of fused-ring (bicyclic) bond motifs is 1. The SMILES string of the molecule is Cc1c(S(C)(=O)=O)cc(C(C)(C)C)c(O)c1-c1nc2cc(S(=O)(=O)C(F)(F)F)ccc2[nH]1. The molecule has 1 aromatic heterocycles. The second kappa shape index (κ2) is 7.20. The van der Waals surface area contributed by atoms with Crippen molar-refractivity contribution in [3.05, 3.63) is 35.4 Å². The zero-order valence-electron chi connectivity index (χ0n) is 17.8. The average molecular weight is 491 g/mol. The van der Waals surface area contributed by atoms with Gasteiger partial charge in [0.05, 0.1) is 26.4 Å². The third-order valence-corrected chi connectivity index (χ3v) is 7.73. The van der Waals surface area contributed by atoms with Gasteiger partial charge in [-0.05, 0) is 42.2 Å². The number of hydrogen-bond acceptors (Lipinski definition) is 6. The van der Waals surface area contributed by atoms with E-state index in [1.54, 1.807) is 20.8 Å². The van der Waals surface area contributed by atoms with Gasteiger partial charge in [-0.2, -0.15) is 13.2 Å². The molecule has 0 spiro atoms. The van der Waals surface area contributed by atoms with Gasteiger partial charge < -0.3 is 10.1 Å². The maximum absolute atomic E-state index is 12.9. The molecule has 0 unspecified atom stereocenters. The quantitative estimate of drug-likeness (QED) is 0.567. The number of aromatic nitrogens is 2. The standard InChI is InChI=1S/C20H21F3N2O5S2/c1-10-15(31(5,27)28)9-12(19(2,3)4)17(26)16(10)18-24-13-7-6-11(8-14(13)25-18)32(29,30)20(21,22)23/h6-9,26H,1-5H3,(H,24,25). The molecule has 3 aromatic rings. The summed E-state index contributed by atoms with van der Waals surface area (Å²) in [5, 5.41) is 11.0. The molecule has 12 heteroatoms. The minimum Gasteiger partial charge on any atom is -0.507 e. The van der Waals surface area contributed by atoms with Crippen LogP contribution in [0, 0.1) is 6.92 Å². The number of aromatic hydroxyl groups is 1. The van der Waals surface area contributed by atoms with Crippen LogP contribution in [-0.4, -0.2) is 43.7 Å². The first-order valence-electron chi connectivity index (χ1n) is 9.24. The van der Waals surface area contributed by atoms with Gasteiger partial charge in [0.15, 0.2) is 9.84 Å². The van der Waals surface area contributed by atoms with E-state index in [1.165, 1.54) is 13.0 Å². The molecule has 7 nitrogen and oxygen atoms in total. The highest BCUT2D eigenvalue weighted by atomic mass is 32.2. The Kier molecular flexibility index (Phi) is 5.41. The molecule has 32 heavy (non-hydrogen) atoms. The van der Waals surface area contributed by atoms with Crippen LogP contribution in [0.25, 0.3) is 22.4 Å². The second-order valence-corrected chi connectivity index (χ2v) is 12.4. The summed E-state index contributed by atoms with van der Waals surface area (Å²) >= 11 is 0. The van der Waals surface area contributed by atoms with E-state index < -0.39 is 35.5 Å². The maximum atomic E-state index is 12.9. The van der Waals surface area contributed by atoms with Gasteiger partial charge in [-0.1, -0.05) is 20.8 Å². The zero-order valence-corrected chi connectivity index (χ0v) is 19.4. The van der Waals surface area contributed by atoms with E-state index in [2.05, 4.69) is 9.97 Å². The van der Waals surface area contributed by atoms with Crippen LogP contribution < -0.4 is 0 Å². The summed E-state index contributed by atoms with van der Waals surface area (Å²) in [4.78, 5) is 5.98. The number of sulfone groups is 2. The lowest BCUT2D eigenvalue weighted by Gasteiger charge is -2.24. The molecule has 0 radical (unpaired) electrons. The highest BCUT2D eigenvalue weighted by Crippen LogP contribution is 2.43. The van der Waals surface area contributed by atoms with E-state index in [9.17, 15) is 35.1 Å². The van der Waals surface area contributed by atoms with E-state index >= 15 is 0 Å². The molecular formula is C20H21F3N2O5S2. The van der Waals surface area contributed by atoms with Gasteiger partial charge in [0, 0.05) is 11.8 Å². The summed E-state index contributed by atoms with van der Waals surface area (Å²) < 4.78 is 86.9. The van der Waals surface area contributed by atoms with Crippen molar-refractivity contribution in [2.24, 2.45) is 0 Å². The van der Waals surface area contributed by atoms with E-state index in [0.29, 0.717) is 5.56 Å². The van der Waals surface area contributed by atoms with E-state index in [-0.39, 0.29) is 38.6 Å². The molecule has 0 fully saturated rings. The Hall–Kier alpha value is -2.60. The third kappa shape index (κ3) is 3.96. The van der Waals surface area contributed by atoms with Crippen molar-refractivity contribution >= 4 is 30.7 Å². The molecule has 174 valence electrons. The Morgan fingerprint density at radius 3 is 2.12 bits per heavy atom. The molecule has 0 aliphatic carbocycles. The molecule has 2 N–H and O–H groups in total. The van der Waals surface area contributed by atoms with Crippen LogP contribution in [0.5, 0.6) is 5.75 Å². The fourth-order valence-electron chi connectivity index (χ4n) is 3.39. The Labute approximate surface area is 183 Å². The van der Waals surface area contributed by atoms with E-state index in [4.69, 9.17) is 0 Å². The molecule has 3 rings (SSSR count). The Morgan fingerprint density at radius 2 is 1.62 bits per heavy atom. The predicted molar refractivity (Wildman–Crippen MR) is 113 cm³/mol. The molecule has 0 saturated carbocycles. The molecule has 0 aliphatic rings. The topological polar surface area (TPSA) is 117 Å². The summed E-state index contributed by atoms with van der Waals surface area (Å²) in [5.74, 6) is -0.239. The number of imidazole rings is 1. The minimum absolute atomic E-state index is 0.00689. The molecule has 1 heterocycles. The van der Waals surface area contributed by atoms with Crippen LogP contribution >= 0.6 is 0 Å². The molecule has 0 bridgehead atoms. The van der Waals surface area contributed by atoms with Crippen molar-refractivity contribution in [2.45, 2.75) is 48.4 Å². The van der Waals surface area contributed by atoms with E-state index in [1.807, 2.05) is 0 Å². The first-order valence-corrected chi connectivity index (χ1v) is 12.6. The van der Waals surface area contributed by atoms with Crippen LogP contribution in [0.1, 0.15) is 31.9 Å². The predicted octanol–water partition coefficient (Wildman–Crippen LogP) is 4.24. The molecule has 0 atom stereocenters. The second-order valence-electron chi connectivity index (χ2n) is 8.51. The summed E-state index contributed by atoms with van der Waals surface area (Å²) in [5.41, 5.74) is -5.41. The Bertz CT molecular complexity index is 1450. The van der Waals surface area contributed by atoms with Crippen LogP contribution in [0.4, 0.5) is 13.2 Å². The fourth-order valence-corrected chi connectivity index (χ4v) is 5.17. The summed E-state index contributed by atoms with van der Waals surface area (Å²) in [6.07, 6.45) is 1.02. The lowest BCUT2D eigenvalue weighted by Crippen LogP contribution is -2.23. The third-order valence-electron chi connectivity index (χ3n) is 5.03. The number of phenols is 1. The van der Waals surface area contributed by atoms with Crippen molar-refractivity contribution in [2.75, 3.05) is 6.26 Å². The lowest BCUT2D eigenvalue weighted by molar-refractivity contribution is -0.0435. The van der Waals surface area contributed by atoms with Crippen LogP contribution in [0.15, 0.2) is 34.1 Å². The number of phenolic OH excluding ortho intramolecular Hbond substituents is 1. The maximum Gasteiger partial charge on any atom is 0.501 e. The van der Waals surface area contributed by atoms with E-state index in [0.717, 1.165) is 24.5 Å². The van der Waals surface area contributed by atoms with Crippen LogP contribution in [0.2, 0.25) is 0 Å². The lowest BCUT2D eigenvalue weighted by atomic mass is 9.84. The highest BCUT2D eigenvalue weighted by molar-refractivity contribution is 7.92. The van der Waals surface area contributed by atoms with Gasteiger partial charge >= 0.3 is 5.51 Å². The number of alkyl halides is 3. The van der Waals surface area contributed by atoms with Gasteiger partial charge in [-0.15, -0.1) is 0 Å². The van der Waals surface area contributed by atoms with Gasteiger partial charge in [-0.25, -0.2) is 21.8 Å². The average Bonchev–Trinajstić information content (AvgIpc) is 3.01. The van der Waals surface area contributed by atoms with Gasteiger partial charge in [0.2, 0.25) is 0 Å². The molecule has 2 aromatic carbocycles. The number of H-pyrrole nitrogens is 1. The smallest absolute Gasteiger partial charge is 0.501 e. The largest absolute Gasteiger partial charge is 0.507 e. The number of aromatic amines is 1. The first kappa shape index (κ1) is 24.1. The molecule has 0 saturated heterocycles. The summed E-state index contributed by atoms with van der Waals surface area (Å²) in [6.45, 7) is 6.81. The van der Waals surface area contributed by atoms with Crippen LogP contribution in [-0.2, 0) is 25.1 Å². The summed E-state index contributed by atoms with van der Waals surface area (Å²) in [6, 6.07) is 4.09. The van der Waals surface area contributed by atoms with Crippen molar-refractivity contribution < 1.29 is 35.1 Å².